The summed E-state index contributed by atoms with van der Waals surface area (Å²) in [4.78, 5) is 22.6. The predicted octanol–water partition coefficient (Wildman–Crippen LogP) is 2.32. The standard InChI is InChI=1S/C12H10ClN3O3/c1-6-2-3-8(13)7(4-6)11(17)14-10-5-9(12(18)19)15-16-10/h2-5H,1H3,(H,18,19)(H2,14,15,16,17). The number of aromatic amines is 1. The van der Waals surface area contributed by atoms with Crippen molar-refractivity contribution in [3.8, 4) is 0 Å². The number of aromatic carboxylic acids is 1. The van der Waals surface area contributed by atoms with Crippen molar-refractivity contribution in [1.29, 1.82) is 0 Å². The van der Waals surface area contributed by atoms with Gasteiger partial charge in [-0.1, -0.05) is 23.2 Å². The number of carbonyl (C=O) groups is 2. The quantitative estimate of drug-likeness (QED) is 0.803. The van der Waals surface area contributed by atoms with E-state index in [1.807, 2.05) is 6.92 Å². The van der Waals surface area contributed by atoms with E-state index in [4.69, 9.17) is 16.7 Å². The van der Waals surface area contributed by atoms with Gasteiger partial charge in [0.1, 0.15) is 5.69 Å². The summed E-state index contributed by atoms with van der Waals surface area (Å²) in [5.41, 5.74) is 1.09. The maximum Gasteiger partial charge on any atom is 0.353 e. The lowest BCUT2D eigenvalue weighted by molar-refractivity contribution is 0.0690. The predicted molar refractivity (Wildman–Crippen MR) is 69.7 cm³/mol. The van der Waals surface area contributed by atoms with Gasteiger partial charge in [0.05, 0.1) is 10.6 Å². The molecule has 1 aromatic carbocycles. The van der Waals surface area contributed by atoms with Crippen LogP contribution in [0.1, 0.15) is 26.4 Å². The molecule has 1 aromatic heterocycles. The van der Waals surface area contributed by atoms with Crippen molar-refractivity contribution in [2.45, 2.75) is 6.92 Å². The molecule has 0 bridgehead atoms. The molecule has 0 aliphatic rings. The number of hydrogen-bond donors (Lipinski definition) is 3. The molecule has 0 aliphatic carbocycles. The molecule has 19 heavy (non-hydrogen) atoms. The average molecular weight is 280 g/mol. The Morgan fingerprint density at radius 3 is 2.74 bits per heavy atom. The van der Waals surface area contributed by atoms with E-state index >= 15 is 0 Å². The molecule has 2 rings (SSSR count). The zero-order valence-corrected chi connectivity index (χ0v) is 10.7. The van der Waals surface area contributed by atoms with Gasteiger partial charge in [0.25, 0.3) is 5.91 Å². The average Bonchev–Trinajstić information content (AvgIpc) is 2.80. The van der Waals surface area contributed by atoms with E-state index in [9.17, 15) is 9.59 Å². The number of carbonyl (C=O) groups excluding carboxylic acids is 1. The summed E-state index contributed by atoms with van der Waals surface area (Å²) in [6, 6.07) is 6.28. The van der Waals surface area contributed by atoms with Crippen LogP contribution >= 0.6 is 11.6 Å². The molecule has 0 fully saturated rings. The van der Waals surface area contributed by atoms with E-state index in [-0.39, 0.29) is 11.5 Å². The number of H-pyrrole nitrogens is 1. The lowest BCUT2D eigenvalue weighted by atomic mass is 10.1. The van der Waals surface area contributed by atoms with Gasteiger partial charge in [-0.05, 0) is 19.1 Å². The van der Waals surface area contributed by atoms with Crippen LogP contribution in [0.5, 0.6) is 0 Å². The van der Waals surface area contributed by atoms with Crippen LogP contribution in [-0.4, -0.2) is 27.2 Å². The molecule has 0 saturated heterocycles. The van der Waals surface area contributed by atoms with Gasteiger partial charge >= 0.3 is 5.97 Å². The van der Waals surface area contributed by atoms with Crippen LogP contribution < -0.4 is 5.32 Å². The molecule has 0 unspecified atom stereocenters. The highest BCUT2D eigenvalue weighted by atomic mass is 35.5. The number of carboxylic acids is 1. The van der Waals surface area contributed by atoms with Crippen LogP contribution in [0.15, 0.2) is 24.3 Å². The number of carboxylic acid groups (broad SMARTS) is 1. The van der Waals surface area contributed by atoms with E-state index in [2.05, 4.69) is 15.5 Å². The first-order chi connectivity index (χ1) is 8.97. The lowest BCUT2D eigenvalue weighted by Gasteiger charge is -2.05. The number of halogens is 1. The van der Waals surface area contributed by atoms with Gasteiger partial charge in [-0.15, -0.1) is 0 Å². The second kappa shape index (κ2) is 5.11. The van der Waals surface area contributed by atoms with Crippen molar-refractivity contribution in [3.63, 3.8) is 0 Å². The minimum Gasteiger partial charge on any atom is -0.477 e. The molecule has 0 atom stereocenters. The number of rotatable bonds is 3. The van der Waals surface area contributed by atoms with Crippen molar-refractivity contribution < 1.29 is 14.7 Å². The van der Waals surface area contributed by atoms with Crippen molar-refractivity contribution >= 4 is 29.3 Å². The number of aryl methyl sites for hydroxylation is 1. The molecular formula is C12H10ClN3O3. The Kier molecular flexibility index (Phi) is 3.52. The Morgan fingerprint density at radius 1 is 1.37 bits per heavy atom. The molecule has 0 spiro atoms. The SMILES string of the molecule is Cc1ccc(Cl)c(C(=O)Nc2cc(C(=O)O)[nH]n2)c1. The summed E-state index contributed by atoms with van der Waals surface area (Å²) in [6.45, 7) is 1.84. The van der Waals surface area contributed by atoms with E-state index in [1.54, 1.807) is 18.2 Å². The summed E-state index contributed by atoms with van der Waals surface area (Å²) in [6.07, 6.45) is 0. The van der Waals surface area contributed by atoms with Gasteiger partial charge < -0.3 is 10.4 Å². The van der Waals surface area contributed by atoms with Crippen molar-refractivity contribution in [2.24, 2.45) is 0 Å². The number of benzene rings is 1. The van der Waals surface area contributed by atoms with Gasteiger partial charge in [0.15, 0.2) is 5.82 Å². The van der Waals surface area contributed by atoms with Crippen molar-refractivity contribution in [3.05, 3.63) is 46.1 Å². The first-order valence-electron chi connectivity index (χ1n) is 5.33. The van der Waals surface area contributed by atoms with E-state index < -0.39 is 11.9 Å². The Bertz CT molecular complexity index is 651. The number of anilines is 1. The number of aromatic nitrogens is 2. The van der Waals surface area contributed by atoms with Crippen LogP contribution in [0.4, 0.5) is 5.82 Å². The fraction of sp³-hybridized carbons (Fsp3) is 0.0833. The zero-order chi connectivity index (χ0) is 14.0. The molecule has 98 valence electrons. The Labute approximate surface area is 113 Å². The summed E-state index contributed by atoms with van der Waals surface area (Å²) in [5, 5.41) is 17.5. The maximum absolute atomic E-state index is 12.0. The first kappa shape index (κ1) is 13.1. The van der Waals surface area contributed by atoms with E-state index in [0.717, 1.165) is 5.56 Å². The smallest absolute Gasteiger partial charge is 0.353 e. The van der Waals surface area contributed by atoms with Gasteiger partial charge in [-0.25, -0.2) is 4.79 Å². The molecular weight excluding hydrogens is 270 g/mol. The van der Waals surface area contributed by atoms with E-state index in [0.29, 0.717) is 10.6 Å². The highest BCUT2D eigenvalue weighted by Crippen LogP contribution is 2.18. The Morgan fingerprint density at radius 2 is 2.11 bits per heavy atom. The van der Waals surface area contributed by atoms with Crippen molar-refractivity contribution in [2.75, 3.05) is 5.32 Å². The highest BCUT2D eigenvalue weighted by molar-refractivity contribution is 6.34. The second-order valence-corrected chi connectivity index (χ2v) is 4.32. The third-order valence-corrected chi connectivity index (χ3v) is 2.75. The Balaban J connectivity index is 2.20. The summed E-state index contributed by atoms with van der Waals surface area (Å²) >= 11 is 5.93. The maximum atomic E-state index is 12.0. The number of hydrogen-bond acceptors (Lipinski definition) is 3. The second-order valence-electron chi connectivity index (χ2n) is 3.91. The number of nitrogens with zero attached hydrogens (tertiary/aromatic N) is 1. The fourth-order valence-corrected chi connectivity index (χ4v) is 1.70. The number of nitrogens with one attached hydrogen (secondary N) is 2. The first-order valence-corrected chi connectivity index (χ1v) is 5.71. The van der Waals surface area contributed by atoms with Crippen molar-refractivity contribution in [1.82, 2.24) is 10.2 Å². The van der Waals surface area contributed by atoms with Crippen LogP contribution in [0.3, 0.4) is 0 Å². The summed E-state index contributed by atoms with van der Waals surface area (Å²) in [5.74, 6) is -1.47. The lowest BCUT2D eigenvalue weighted by Crippen LogP contribution is -2.13. The van der Waals surface area contributed by atoms with Crippen LogP contribution in [0.25, 0.3) is 0 Å². The molecule has 3 N–H and O–H groups in total. The van der Waals surface area contributed by atoms with Gasteiger partial charge in [-0.3, -0.25) is 9.89 Å². The van der Waals surface area contributed by atoms with Gasteiger partial charge in [0, 0.05) is 6.07 Å². The monoisotopic (exact) mass is 279 g/mol. The van der Waals surface area contributed by atoms with Crippen LogP contribution in [-0.2, 0) is 0 Å². The molecule has 1 heterocycles. The van der Waals surface area contributed by atoms with E-state index in [1.165, 1.54) is 6.07 Å². The summed E-state index contributed by atoms with van der Waals surface area (Å²) < 4.78 is 0. The van der Waals surface area contributed by atoms with Crippen LogP contribution in [0, 0.1) is 6.92 Å². The zero-order valence-electron chi connectivity index (χ0n) is 9.90. The third-order valence-electron chi connectivity index (χ3n) is 2.42. The third kappa shape index (κ3) is 2.92. The topological polar surface area (TPSA) is 95.1 Å². The molecule has 0 saturated carbocycles. The number of amides is 1. The highest BCUT2D eigenvalue weighted by Gasteiger charge is 2.14. The largest absolute Gasteiger partial charge is 0.477 e. The normalized spacial score (nSPS) is 10.2. The molecule has 1 amide bonds. The van der Waals surface area contributed by atoms with Crippen LogP contribution in [0.2, 0.25) is 5.02 Å². The molecule has 6 nitrogen and oxygen atoms in total. The summed E-state index contributed by atoms with van der Waals surface area (Å²) in [7, 11) is 0. The van der Waals surface area contributed by atoms with Gasteiger partial charge in [-0.2, -0.15) is 5.10 Å². The fourth-order valence-electron chi connectivity index (χ4n) is 1.49. The Hall–Kier alpha value is -2.34. The molecule has 0 radical (unpaired) electrons. The molecule has 2 aromatic rings. The minimum absolute atomic E-state index is 0.106. The molecule has 7 heteroatoms. The molecule has 0 aliphatic heterocycles. The van der Waals surface area contributed by atoms with Gasteiger partial charge in [0.2, 0.25) is 0 Å². The minimum atomic E-state index is -1.15.